The molecule has 1 N–H and O–H groups in total. The van der Waals surface area contributed by atoms with Crippen molar-refractivity contribution in [3.8, 4) is 11.8 Å². The van der Waals surface area contributed by atoms with Crippen molar-refractivity contribution in [2.45, 2.75) is 44.1 Å². The maximum Gasteiger partial charge on any atom is 0.461 e. The molecule has 0 aromatic heterocycles. The second-order valence-corrected chi connectivity index (χ2v) is 9.35. The minimum Gasteiger partial charge on any atom is -0.598 e. The van der Waals surface area contributed by atoms with Gasteiger partial charge in [-0.3, -0.25) is 0 Å². The number of hydrogen-bond donors (Lipinski definition) is 1. The summed E-state index contributed by atoms with van der Waals surface area (Å²) in [5.74, 6) is -1.81. The van der Waals surface area contributed by atoms with Crippen LogP contribution in [0.4, 0.5) is 22.0 Å². The van der Waals surface area contributed by atoms with Crippen LogP contribution in [-0.2, 0) is 11.4 Å². The largest absolute Gasteiger partial charge is 0.598 e. The van der Waals surface area contributed by atoms with E-state index >= 15 is 0 Å². The molecule has 10 heteroatoms. The number of rotatable bonds is 7. The predicted molar refractivity (Wildman–Crippen MR) is 102 cm³/mol. The third kappa shape index (κ3) is 6.08. The lowest BCUT2D eigenvalue weighted by molar-refractivity contribution is -0.253. The van der Waals surface area contributed by atoms with Gasteiger partial charge in [0.1, 0.15) is 22.4 Å². The van der Waals surface area contributed by atoms with Crippen molar-refractivity contribution in [2.75, 3.05) is 0 Å². The van der Waals surface area contributed by atoms with Gasteiger partial charge in [0.05, 0.1) is 11.6 Å². The Morgan fingerprint density at radius 1 is 1.07 bits per heavy atom. The molecule has 2 rings (SSSR count). The van der Waals surface area contributed by atoms with Crippen molar-refractivity contribution in [1.29, 1.82) is 5.26 Å². The smallest absolute Gasteiger partial charge is 0.461 e. The molecule has 0 aliphatic carbocycles. The van der Waals surface area contributed by atoms with Gasteiger partial charge in [0.25, 0.3) is 0 Å². The maximum absolute atomic E-state index is 14.1. The van der Waals surface area contributed by atoms with Crippen molar-refractivity contribution in [3.05, 3.63) is 65.0 Å². The van der Waals surface area contributed by atoms with Gasteiger partial charge in [-0.2, -0.15) is 22.8 Å². The number of nitrogens with one attached hydrogen (secondary N) is 1. The lowest BCUT2D eigenvalue weighted by atomic mass is 9.98. The molecule has 0 fully saturated rings. The topological polar surface area (TPSA) is 68.1 Å². The zero-order valence-corrected chi connectivity index (χ0v) is 17.1. The Labute approximate surface area is 174 Å². The molecule has 2 aromatic carbocycles. The first-order valence-electron chi connectivity index (χ1n) is 8.67. The van der Waals surface area contributed by atoms with Crippen LogP contribution in [0.2, 0.25) is 0 Å². The zero-order chi connectivity index (χ0) is 22.7. The number of alkyl halides is 4. The monoisotopic (exact) mass is 446 g/mol. The van der Waals surface area contributed by atoms with Gasteiger partial charge in [0.2, 0.25) is 0 Å². The highest BCUT2D eigenvalue weighted by Crippen LogP contribution is 2.33. The molecule has 0 radical (unpaired) electrons. The van der Waals surface area contributed by atoms with Gasteiger partial charge >= 0.3 is 12.5 Å². The Balaban J connectivity index is 2.50. The number of nitrogens with zero attached hydrogens (tertiary/aromatic N) is 1. The summed E-state index contributed by atoms with van der Waals surface area (Å²) in [7, 11) is 0. The normalized spacial score (nSPS) is 14.3. The molecule has 2 aromatic rings. The van der Waals surface area contributed by atoms with Crippen LogP contribution in [0.3, 0.4) is 0 Å². The van der Waals surface area contributed by atoms with Gasteiger partial charge in [-0.25, -0.2) is 4.39 Å². The average molecular weight is 446 g/mol. The third-order valence-electron chi connectivity index (χ3n) is 3.89. The first-order valence-corrected chi connectivity index (χ1v) is 9.82. The lowest BCUT2D eigenvalue weighted by Gasteiger charge is -2.28. The fraction of sp³-hybridized carbons (Fsp3) is 0.350. The number of nitriles is 1. The van der Waals surface area contributed by atoms with Crippen LogP contribution in [0.15, 0.2) is 42.5 Å². The molecule has 162 valence electrons. The second-order valence-electron chi connectivity index (χ2n) is 7.35. The van der Waals surface area contributed by atoms with E-state index in [1.807, 2.05) is 6.07 Å². The molecule has 0 aliphatic heterocycles. The van der Waals surface area contributed by atoms with Crippen molar-refractivity contribution in [3.63, 3.8) is 0 Å². The van der Waals surface area contributed by atoms with Crippen molar-refractivity contribution < 1.29 is 31.2 Å². The summed E-state index contributed by atoms with van der Waals surface area (Å²) in [5.41, 5.74) is 0.815. The Morgan fingerprint density at radius 3 is 2.17 bits per heavy atom. The van der Waals surface area contributed by atoms with E-state index in [1.165, 1.54) is 24.3 Å². The lowest BCUT2D eigenvalue weighted by Crippen LogP contribution is -2.41. The average Bonchev–Trinajstić information content (AvgIpc) is 2.64. The summed E-state index contributed by atoms with van der Waals surface area (Å²) in [5, 5.41) is 8.95. The van der Waals surface area contributed by atoms with E-state index in [9.17, 15) is 26.5 Å². The molecule has 4 nitrogen and oxygen atoms in total. The molecule has 0 bridgehead atoms. The van der Waals surface area contributed by atoms with Gasteiger partial charge in [0, 0.05) is 17.4 Å². The Morgan fingerprint density at radius 2 is 1.67 bits per heavy atom. The van der Waals surface area contributed by atoms with Crippen LogP contribution >= 0.6 is 0 Å². The summed E-state index contributed by atoms with van der Waals surface area (Å²) in [6.45, 7) is 5.07. The van der Waals surface area contributed by atoms with Gasteiger partial charge < -0.3 is 9.29 Å². The quantitative estimate of drug-likeness (QED) is 0.476. The first kappa shape index (κ1) is 23.9. The van der Waals surface area contributed by atoms with E-state index in [0.29, 0.717) is 17.2 Å². The minimum atomic E-state index is -4.81. The number of ether oxygens (including phenoxy) is 1. The fourth-order valence-electron chi connectivity index (χ4n) is 2.37. The Kier molecular flexibility index (Phi) is 7.34. The summed E-state index contributed by atoms with van der Waals surface area (Å²) in [4.78, 5) is 0. The van der Waals surface area contributed by atoms with Gasteiger partial charge in [-0.05, 0) is 56.2 Å². The Bertz CT molecular complexity index is 911. The van der Waals surface area contributed by atoms with E-state index in [-0.39, 0.29) is 5.56 Å². The summed E-state index contributed by atoms with van der Waals surface area (Å²) in [6.07, 6.45) is -8.92. The molecule has 0 aliphatic rings. The fourth-order valence-corrected chi connectivity index (χ4v) is 3.21. The van der Waals surface area contributed by atoms with Gasteiger partial charge in [-0.15, -0.1) is 4.72 Å². The molecule has 0 saturated heterocycles. The molecule has 2 atom stereocenters. The Hall–Kier alpha value is -2.35. The van der Waals surface area contributed by atoms with Crippen LogP contribution in [0, 0.1) is 17.1 Å². The van der Waals surface area contributed by atoms with Crippen molar-refractivity contribution >= 4 is 11.4 Å². The number of halogens is 5. The molecule has 30 heavy (non-hydrogen) atoms. The van der Waals surface area contributed by atoms with E-state index in [1.54, 1.807) is 20.8 Å². The summed E-state index contributed by atoms with van der Waals surface area (Å²) < 4.78 is 84.3. The van der Waals surface area contributed by atoms with E-state index in [2.05, 4.69) is 9.46 Å². The summed E-state index contributed by atoms with van der Waals surface area (Å²) in [6, 6.07) is 9.49. The molecule has 0 spiro atoms. The van der Waals surface area contributed by atoms with E-state index < -0.39 is 46.3 Å². The van der Waals surface area contributed by atoms with E-state index in [4.69, 9.17) is 5.26 Å². The van der Waals surface area contributed by atoms with Gasteiger partial charge in [-0.1, -0.05) is 12.1 Å². The molecule has 0 saturated carbocycles. The summed E-state index contributed by atoms with van der Waals surface area (Å²) >= 11 is -1.66. The SMILES string of the molecule is CC(C)(C)[S+]([O-])N[C@H](c1ccc(C#N)cc1)c1cc(F)cc(OC(F)(F)C(F)F)c1. The third-order valence-corrected chi connectivity index (χ3v) is 5.45. The minimum absolute atomic E-state index is 0.0253. The maximum atomic E-state index is 14.1. The van der Waals surface area contributed by atoms with Crippen LogP contribution in [0.5, 0.6) is 5.75 Å². The van der Waals surface area contributed by atoms with Crippen LogP contribution in [-0.4, -0.2) is 21.8 Å². The van der Waals surface area contributed by atoms with Crippen molar-refractivity contribution in [1.82, 2.24) is 4.72 Å². The molecule has 0 heterocycles. The molecular formula is C20H19F5N2O2S. The molecule has 0 amide bonds. The van der Waals surface area contributed by atoms with Crippen molar-refractivity contribution in [2.24, 2.45) is 0 Å². The molecule has 1 unspecified atom stereocenters. The number of hydrogen-bond acceptors (Lipinski definition) is 4. The van der Waals surface area contributed by atoms with Crippen LogP contribution in [0.1, 0.15) is 43.5 Å². The highest BCUT2D eigenvalue weighted by molar-refractivity contribution is 7.90. The van der Waals surface area contributed by atoms with Crippen LogP contribution < -0.4 is 9.46 Å². The van der Waals surface area contributed by atoms with Gasteiger partial charge in [0.15, 0.2) is 0 Å². The van der Waals surface area contributed by atoms with Crippen LogP contribution in [0.25, 0.3) is 0 Å². The standard InChI is InChI=1S/C20H19F5N2O2S/c1-19(2,3)30(28)27-17(13-6-4-12(11-26)5-7-13)14-8-15(21)10-16(9-14)29-20(24,25)18(22)23/h4-10,17-18,27H,1-3H3/t17-,30?/m1/s1. The second kappa shape index (κ2) is 9.20. The predicted octanol–water partition coefficient (Wildman–Crippen LogP) is 5.08. The molecular weight excluding hydrogens is 427 g/mol. The van der Waals surface area contributed by atoms with E-state index in [0.717, 1.165) is 12.1 Å². The highest BCUT2D eigenvalue weighted by atomic mass is 32.2. The number of benzene rings is 2. The first-order chi connectivity index (χ1) is 13.8. The zero-order valence-electron chi connectivity index (χ0n) is 16.3. The highest BCUT2D eigenvalue weighted by Gasteiger charge is 2.44.